The number of para-hydroxylation sites is 1. The Balaban J connectivity index is 1.84. The fourth-order valence-corrected chi connectivity index (χ4v) is 3.33. The third-order valence-corrected chi connectivity index (χ3v) is 4.52. The zero-order chi connectivity index (χ0) is 19.6. The average molecular weight is 391 g/mol. The number of nitrogens with one attached hydrogen (secondary N) is 1. The van der Waals surface area contributed by atoms with Crippen LogP contribution in [-0.2, 0) is 4.74 Å². The van der Waals surface area contributed by atoms with Crippen molar-refractivity contribution in [2.75, 3.05) is 18.4 Å². The van der Waals surface area contributed by atoms with Crippen molar-refractivity contribution in [3.05, 3.63) is 64.4 Å². The monoisotopic (exact) mass is 390 g/mol. The number of benzene rings is 2. The lowest BCUT2D eigenvalue weighted by molar-refractivity contribution is -0.0585. The van der Waals surface area contributed by atoms with Crippen LogP contribution in [0.3, 0.4) is 0 Å². The van der Waals surface area contributed by atoms with Crippen LogP contribution in [0, 0.1) is 5.82 Å². The van der Waals surface area contributed by atoms with E-state index in [0.29, 0.717) is 24.3 Å². The molecule has 2 atom stereocenters. The van der Waals surface area contributed by atoms with Crippen molar-refractivity contribution in [3.8, 4) is 0 Å². The Labute approximate surface area is 162 Å². The minimum Gasteiger partial charge on any atom is -0.372 e. The first-order valence-corrected chi connectivity index (χ1v) is 9.03. The number of carbonyl (C=O) groups excluding carboxylic acids is 2. The lowest BCUT2D eigenvalue weighted by Crippen LogP contribution is -2.48. The summed E-state index contributed by atoms with van der Waals surface area (Å²) < 4.78 is 19.6. The first kappa shape index (κ1) is 19.3. The van der Waals surface area contributed by atoms with E-state index >= 15 is 0 Å². The lowest BCUT2D eigenvalue weighted by atomic mass is 10.1. The molecular formula is C20H20ClFN2O3. The van der Waals surface area contributed by atoms with Crippen LogP contribution in [0.1, 0.15) is 34.6 Å². The third kappa shape index (κ3) is 4.46. The SMILES string of the molecule is C[C@H]1CN(C(=O)c2ccccc2NC(=O)c2cc(Cl)ccc2F)C[C@H](C)O1. The van der Waals surface area contributed by atoms with Gasteiger partial charge in [0.05, 0.1) is 29.0 Å². The van der Waals surface area contributed by atoms with Gasteiger partial charge in [-0.05, 0) is 44.2 Å². The first-order chi connectivity index (χ1) is 12.8. The van der Waals surface area contributed by atoms with E-state index in [-0.39, 0.29) is 28.7 Å². The van der Waals surface area contributed by atoms with Crippen molar-refractivity contribution in [3.63, 3.8) is 0 Å². The molecule has 142 valence electrons. The number of hydrogen-bond acceptors (Lipinski definition) is 3. The molecule has 1 aliphatic heterocycles. The molecule has 7 heteroatoms. The molecule has 0 unspecified atom stereocenters. The summed E-state index contributed by atoms with van der Waals surface area (Å²) in [5, 5.41) is 2.87. The quantitative estimate of drug-likeness (QED) is 0.862. The first-order valence-electron chi connectivity index (χ1n) is 8.65. The van der Waals surface area contributed by atoms with Crippen LogP contribution in [0.15, 0.2) is 42.5 Å². The number of ether oxygens (including phenoxy) is 1. The van der Waals surface area contributed by atoms with E-state index in [2.05, 4.69) is 5.32 Å². The van der Waals surface area contributed by atoms with Gasteiger partial charge in [0.1, 0.15) is 5.82 Å². The summed E-state index contributed by atoms with van der Waals surface area (Å²) in [4.78, 5) is 27.2. The van der Waals surface area contributed by atoms with Crippen LogP contribution in [0.2, 0.25) is 5.02 Å². The molecule has 0 spiro atoms. The van der Waals surface area contributed by atoms with Gasteiger partial charge in [0.25, 0.3) is 11.8 Å². The fraction of sp³-hybridized carbons (Fsp3) is 0.300. The molecule has 0 aromatic heterocycles. The van der Waals surface area contributed by atoms with Crippen molar-refractivity contribution in [2.24, 2.45) is 0 Å². The van der Waals surface area contributed by atoms with Gasteiger partial charge in [0, 0.05) is 18.1 Å². The van der Waals surface area contributed by atoms with Crippen LogP contribution in [0.4, 0.5) is 10.1 Å². The topological polar surface area (TPSA) is 58.6 Å². The third-order valence-electron chi connectivity index (χ3n) is 4.29. The highest BCUT2D eigenvalue weighted by Crippen LogP contribution is 2.22. The highest BCUT2D eigenvalue weighted by molar-refractivity contribution is 6.31. The van der Waals surface area contributed by atoms with Gasteiger partial charge in [-0.25, -0.2) is 4.39 Å². The maximum atomic E-state index is 14.0. The Morgan fingerprint density at radius 2 is 1.78 bits per heavy atom. The van der Waals surface area contributed by atoms with E-state index in [9.17, 15) is 14.0 Å². The van der Waals surface area contributed by atoms with Gasteiger partial charge < -0.3 is 15.0 Å². The molecule has 2 amide bonds. The van der Waals surface area contributed by atoms with Crippen LogP contribution >= 0.6 is 11.6 Å². The number of halogens is 2. The highest BCUT2D eigenvalue weighted by Gasteiger charge is 2.28. The second kappa shape index (κ2) is 8.06. The number of carbonyl (C=O) groups is 2. The molecule has 0 bridgehead atoms. The summed E-state index contributed by atoms with van der Waals surface area (Å²) in [6, 6.07) is 10.4. The Morgan fingerprint density at radius 3 is 2.48 bits per heavy atom. The number of nitrogens with zero attached hydrogens (tertiary/aromatic N) is 1. The summed E-state index contributed by atoms with van der Waals surface area (Å²) in [6.07, 6.45) is -0.139. The Morgan fingerprint density at radius 1 is 1.11 bits per heavy atom. The molecule has 2 aromatic carbocycles. The molecular weight excluding hydrogens is 371 g/mol. The van der Waals surface area contributed by atoms with E-state index in [4.69, 9.17) is 16.3 Å². The maximum absolute atomic E-state index is 14.0. The maximum Gasteiger partial charge on any atom is 0.258 e. The van der Waals surface area contributed by atoms with Crippen molar-refractivity contribution < 1.29 is 18.7 Å². The number of rotatable bonds is 3. The molecule has 0 radical (unpaired) electrons. The van der Waals surface area contributed by atoms with Gasteiger partial charge in [-0.3, -0.25) is 9.59 Å². The summed E-state index contributed by atoms with van der Waals surface area (Å²) in [5.74, 6) is -1.56. The summed E-state index contributed by atoms with van der Waals surface area (Å²) in [7, 11) is 0. The molecule has 0 saturated carbocycles. The Kier molecular flexibility index (Phi) is 5.77. The van der Waals surface area contributed by atoms with E-state index in [1.54, 1.807) is 29.2 Å². The minimum atomic E-state index is -0.684. The molecule has 1 heterocycles. The van der Waals surface area contributed by atoms with Gasteiger partial charge >= 0.3 is 0 Å². The van der Waals surface area contributed by atoms with E-state index in [0.717, 1.165) is 6.07 Å². The van der Waals surface area contributed by atoms with Crippen LogP contribution in [0.5, 0.6) is 0 Å². The lowest BCUT2D eigenvalue weighted by Gasteiger charge is -2.35. The van der Waals surface area contributed by atoms with Gasteiger partial charge in [-0.2, -0.15) is 0 Å². The van der Waals surface area contributed by atoms with Crippen LogP contribution < -0.4 is 5.32 Å². The molecule has 1 saturated heterocycles. The molecule has 3 rings (SSSR count). The standard InChI is InChI=1S/C20H20ClFN2O3/c1-12-10-24(11-13(2)27-12)20(26)15-5-3-4-6-18(15)23-19(25)16-9-14(21)7-8-17(16)22/h3-9,12-13H,10-11H2,1-2H3,(H,23,25)/t12-,13-/m0/s1. The Hall–Kier alpha value is -2.44. The van der Waals surface area contributed by atoms with Gasteiger partial charge in [-0.1, -0.05) is 23.7 Å². The van der Waals surface area contributed by atoms with Gasteiger partial charge in [-0.15, -0.1) is 0 Å². The molecule has 1 aliphatic rings. The second-order valence-corrected chi connectivity index (χ2v) is 7.03. The summed E-state index contributed by atoms with van der Waals surface area (Å²) in [5.41, 5.74) is 0.478. The molecule has 2 aromatic rings. The molecule has 0 aliphatic carbocycles. The zero-order valence-corrected chi connectivity index (χ0v) is 15.8. The Bertz CT molecular complexity index is 864. The largest absolute Gasteiger partial charge is 0.372 e. The van der Waals surface area contributed by atoms with E-state index in [1.807, 2.05) is 13.8 Å². The van der Waals surface area contributed by atoms with Crippen molar-refractivity contribution in [1.82, 2.24) is 4.90 Å². The predicted molar refractivity (Wildman–Crippen MR) is 102 cm³/mol. The van der Waals surface area contributed by atoms with Crippen molar-refractivity contribution in [1.29, 1.82) is 0 Å². The van der Waals surface area contributed by atoms with Crippen molar-refractivity contribution in [2.45, 2.75) is 26.1 Å². The second-order valence-electron chi connectivity index (χ2n) is 6.59. The predicted octanol–water partition coefficient (Wildman–Crippen LogP) is 3.98. The highest BCUT2D eigenvalue weighted by atomic mass is 35.5. The number of anilines is 1. The van der Waals surface area contributed by atoms with Crippen LogP contribution in [-0.4, -0.2) is 42.0 Å². The fourth-order valence-electron chi connectivity index (χ4n) is 3.15. The normalized spacial score (nSPS) is 19.6. The summed E-state index contributed by atoms with van der Waals surface area (Å²) in [6.45, 7) is 4.75. The molecule has 5 nitrogen and oxygen atoms in total. The minimum absolute atomic E-state index is 0.0694. The molecule has 1 fully saturated rings. The smallest absolute Gasteiger partial charge is 0.258 e. The van der Waals surface area contributed by atoms with Gasteiger partial charge in [0.2, 0.25) is 0 Å². The average Bonchev–Trinajstić information content (AvgIpc) is 2.62. The van der Waals surface area contributed by atoms with Crippen molar-refractivity contribution >= 4 is 29.1 Å². The summed E-state index contributed by atoms with van der Waals surface area (Å²) >= 11 is 5.86. The van der Waals surface area contributed by atoms with Gasteiger partial charge in [0.15, 0.2) is 0 Å². The number of morpholine rings is 1. The van der Waals surface area contributed by atoms with E-state index in [1.165, 1.54) is 12.1 Å². The molecule has 1 N–H and O–H groups in total. The van der Waals surface area contributed by atoms with Crippen LogP contribution in [0.25, 0.3) is 0 Å². The number of amides is 2. The zero-order valence-electron chi connectivity index (χ0n) is 15.0. The molecule has 27 heavy (non-hydrogen) atoms. The van der Waals surface area contributed by atoms with E-state index < -0.39 is 11.7 Å². The number of hydrogen-bond donors (Lipinski definition) is 1.